The first-order valence-electron chi connectivity index (χ1n) is 6.85. The van der Waals surface area contributed by atoms with Crippen molar-refractivity contribution in [2.24, 2.45) is 0 Å². The average Bonchev–Trinajstić information content (AvgIpc) is 2.42. The van der Waals surface area contributed by atoms with Crippen LogP contribution in [0, 0.1) is 0 Å². The lowest BCUT2D eigenvalue weighted by Gasteiger charge is -2.18. The molecule has 0 saturated heterocycles. The van der Waals surface area contributed by atoms with Crippen LogP contribution >= 0.6 is 11.6 Å². The molecule has 1 aromatic rings. The van der Waals surface area contributed by atoms with Gasteiger partial charge in [-0.25, -0.2) is 0 Å². The van der Waals surface area contributed by atoms with Gasteiger partial charge in [0.05, 0.1) is 0 Å². The van der Waals surface area contributed by atoms with Gasteiger partial charge in [0.15, 0.2) is 0 Å². The van der Waals surface area contributed by atoms with E-state index in [1.165, 1.54) is 0 Å². The molecule has 5 heteroatoms. The monoisotopic (exact) mass is 296 g/mol. The SMILES string of the molecule is CCN(CC)C(=O)CC(=O)NCCc1ccc(Cl)cc1. The molecule has 0 fully saturated rings. The zero-order chi connectivity index (χ0) is 15.0. The van der Waals surface area contributed by atoms with Gasteiger partial charge in [-0.05, 0) is 38.0 Å². The summed E-state index contributed by atoms with van der Waals surface area (Å²) >= 11 is 5.80. The van der Waals surface area contributed by atoms with Gasteiger partial charge in [-0.2, -0.15) is 0 Å². The molecular weight excluding hydrogens is 276 g/mol. The highest BCUT2D eigenvalue weighted by molar-refractivity contribution is 6.30. The summed E-state index contributed by atoms with van der Waals surface area (Å²) in [6.07, 6.45) is 0.644. The van der Waals surface area contributed by atoms with Gasteiger partial charge in [0.25, 0.3) is 0 Å². The Morgan fingerprint density at radius 1 is 1.15 bits per heavy atom. The number of carbonyl (C=O) groups excluding carboxylic acids is 2. The van der Waals surface area contributed by atoms with Crippen molar-refractivity contribution in [3.05, 3.63) is 34.9 Å². The minimum Gasteiger partial charge on any atom is -0.355 e. The zero-order valence-corrected chi connectivity index (χ0v) is 12.7. The summed E-state index contributed by atoms with van der Waals surface area (Å²) < 4.78 is 0. The fraction of sp³-hybridized carbons (Fsp3) is 0.467. The van der Waals surface area contributed by atoms with Crippen molar-refractivity contribution in [3.63, 3.8) is 0 Å². The molecule has 0 aliphatic rings. The molecule has 20 heavy (non-hydrogen) atoms. The predicted molar refractivity (Wildman–Crippen MR) is 80.7 cm³/mol. The van der Waals surface area contributed by atoms with E-state index in [9.17, 15) is 9.59 Å². The Balaban J connectivity index is 2.29. The van der Waals surface area contributed by atoms with Crippen molar-refractivity contribution >= 4 is 23.4 Å². The molecule has 0 atom stereocenters. The Morgan fingerprint density at radius 2 is 1.75 bits per heavy atom. The normalized spacial score (nSPS) is 10.2. The summed E-state index contributed by atoms with van der Waals surface area (Å²) in [7, 11) is 0. The van der Waals surface area contributed by atoms with Crippen LogP contribution in [0.2, 0.25) is 5.02 Å². The first kappa shape index (κ1) is 16.5. The number of benzene rings is 1. The molecule has 0 spiro atoms. The van der Waals surface area contributed by atoms with Crippen LogP contribution in [0.3, 0.4) is 0 Å². The first-order chi connectivity index (χ1) is 9.56. The molecular formula is C15H21ClN2O2. The molecule has 0 aromatic heterocycles. The Kier molecular flexibility index (Phi) is 7.09. The molecule has 1 N–H and O–H groups in total. The van der Waals surface area contributed by atoms with Crippen LogP contribution in [-0.4, -0.2) is 36.3 Å². The van der Waals surface area contributed by atoms with Gasteiger partial charge < -0.3 is 10.2 Å². The number of amides is 2. The number of carbonyl (C=O) groups is 2. The maximum Gasteiger partial charge on any atom is 0.231 e. The van der Waals surface area contributed by atoms with E-state index in [0.29, 0.717) is 24.7 Å². The molecule has 0 bridgehead atoms. The molecule has 0 heterocycles. The minimum absolute atomic E-state index is 0.0811. The van der Waals surface area contributed by atoms with Crippen molar-refractivity contribution in [1.82, 2.24) is 10.2 Å². The smallest absolute Gasteiger partial charge is 0.231 e. The summed E-state index contributed by atoms with van der Waals surface area (Å²) in [6.45, 7) is 5.59. The number of rotatable bonds is 7. The molecule has 0 aliphatic carbocycles. The zero-order valence-electron chi connectivity index (χ0n) is 12.0. The van der Waals surface area contributed by atoms with E-state index < -0.39 is 0 Å². The second-order valence-electron chi connectivity index (χ2n) is 4.47. The van der Waals surface area contributed by atoms with Crippen LogP contribution in [-0.2, 0) is 16.0 Å². The van der Waals surface area contributed by atoms with E-state index >= 15 is 0 Å². The van der Waals surface area contributed by atoms with Crippen molar-refractivity contribution in [3.8, 4) is 0 Å². The summed E-state index contributed by atoms with van der Waals surface area (Å²) in [5, 5.41) is 3.46. The fourth-order valence-electron chi connectivity index (χ4n) is 1.89. The number of halogens is 1. The fourth-order valence-corrected chi connectivity index (χ4v) is 2.01. The minimum atomic E-state index is -0.226. The molecule has 110 valence electrons. The van der Waals surface area contributed by atoms with Crippen molar-refractivity contribution in [2.45, 2.75) is 26.7 Å². The summed E-state index contributed by atoms with van der Waals surface area (Å²) in [4.78, 5) is 25.0. The highest BCUT2D eigenvalue weighted by Crippen LogP contribution is 2.09. The highest BCUT2D eigenvalue weighted by atomic mass is 35.5. The maximum atomic E-state index is 11.7. The summed E-state index contributed by atoms with van der Waals surface area (Å²) in [6, 6.07) is 7.50. The van der Waals surface area contributed by atoms with E-state index in [-0.39, 0.29) is 18.2 Å². The third-order valence-electron chi connectivity index (χ3n) is 3.08. The van der Waals surface area contributed by atoms with E-state index in [4.69, 9.17) is 11.6 Å². The number of hydrogen-bond acceptors (Lipinski definition) is 2. The summed E-state index contributed by atoms with van der Waals surface area (Å²) in [5.41, 5.74) is 1.10. The Labute approximate surface area is 125 Å². The predicted octanol–water partition coefficient (Wildman–Crippen LogP) is 2.26. The molecule has 0 aliphatic heterocycles. The Bertz CT molecular complexity index is 442. The lowest BCUT2D eigenvalue weighted by Crippen LogP contribution is -2.36. The van der Waals surface area contributed by atoms with Gasteiger partial charge in [0.1, 0.15) is 6.42 Å². The van der Waals surface area contributed by atoms with Crippen LogP contribution in [0.4, 0.5) is 0 Å². The van der Waals surface area contributed by atoms with Crippen molar-refractivity contribution < 1.29 is 9.59 Å². The first-order valence-corrected chi connectivity index (χ1v) is 7.23. The number of nitrogens with zero attached hydrogens (tertiary/aromatic N) is 1. The van der Waals surface area contributed by atoms with Crippen LogP contribution in [0.1, 0.15) is 25.8 Å². The van der Waals surface area contributed by atoms with Gasteiger partial charge in [0, 0.05) is 24.7 Å². The number of hydrogen-bond donors (Lipinski definition) is 1. The molecule has 0 radical (unpaired) electrons. The quantitative estimate of drug-likeness (QED) is 0.785. The Hall–Kier alpha value is -1.55. The topological polar surface area (TPSA) is 49.4 Å². The van der Waals surface area contributed by atoms with Gasteiger partial charge in [-0.1, -0.05) is 23.7 Å². The maximum absolute atomic E-state index is 11.7. The van der Waals surface area contributed by atoms with Crippen LogP contribution in [0.5, 0.6) is 0 Å². The van der Waals surface area contributed by atoms with Crippen LogP contribution in [0.25, 0.3) is 0 Å². The highest BCUT2D eigenvalue weighted by Gasteiger charge is 2.13. The molecule has 4 nitrogen and oxygen atoms in total. The standard InChI is InChI=1S/C15H21ClN2O2/c1-3-18(4-2)15(20)11-14(19)17-10-9-12-5-7-13(16)8-6-12/h5-8H,3-4,9-11H2,1-2H3,(H,17,19). The molecule has 2 amide bonds. The third-order valence-corrected chi connectivity index (χ3v) is 3.33. The summed E-state index contributed by atoms with van der Waals surface area (Å²) in [5.74, 6) is -0.352. The molecule has 1 aromatic carbocycles. The van der Waals surface area contributed by atoms with E-state index in [2.05, 4.69) is 5.32 Å². The van der Waals surface area contributed by atoms with Crippen LogP contribution in [0.15, 0.2) is 24.3 Å². The lowest BCUT2D eigenvalue weighted by molar-refractivity contribution is -0.135. The third kappa shape index (κ3) is 5.61. The van der Waals surface area contributed by atoms with Crippen molar-refractivity contribution in [1.29, 1.82) is 0 Å². The number of nitrogens with one attached hydrogen (secondary N) is 1. The van der Waals surface area contributed by atoms with E-state index in [0.717, 1.165) is 12.0 Å². The second-order valence-corrected chi connectivity index (χ2v) is 4.91. The van der Waals surface area contributed by atoms with Gasteiger partial charge >= 0.3 is 0 Å². The second kappa shape index (κ2) is 8.59. The van der Waals surface area contributed by atoms with Crippen LogP contribution < -0.4 is 5.32 Å². The van der Waals surface area contributed by atoms with Crippen molar-refractivity contribution in [2.75, 3.05) is 19.6 Å². The Morgan fingerprint density at radius 3 is 2.30 bits per heavy atom. The molecule has 1 rings (SSSR count). The van der Waals surface area contributed by atoms with Gasteiger partial charge in [-0.3, -0.25) is 9.59 Å². The molecule has 0 saturated carbocycles. The van der Waals surface area contributed by atoms with E-state index in [1.807, 2.05) is 38.1 Å². The largest absolute Gasteiger partial charge is 0.355 e. The van der Waals surface area contributed by atoms with Gasteiger partial charge in [0.2, 0.25) is 11.8 Å². The average molecular weight is 297 g/mol. The van der Waals surface area contributed by atoms with E-state index in [1.54, 1.807) is 4.90 Å². The lowest BCUT2D eigenvalue weighted by atomic mass is 10.1. The molecule has 0 unspecified atom stereocenters. The van der Waals surface area contributed by atoms with Gasteiger partial charge in [-0.15, -0.1) is 0 Å².